The van der Waals surface area contributed by atoms with Crippen molar-refractivity contribution < 1.29 is 36.9 Å². The van der Waals surface area contributed by atoms with Gasteiger partial charge in [-0.2, -0.15) is 10.2 Å². The summed E-state index contributed by atoms with van der Waals surface area (Å²) in [4.78, 5) is 23.4. The van der Waals surface area contributed by atoms with Crippen LogP contribution < -0.4 is 0 Å². The molecule has 0 spiro atoms. The first kappa shape index (κ1) is 30.8. The van der Waals surface area contributed by atoms with Crippen LogP contribution >= 0.6 is 23.2 Å². The highest BCUT2D eigenvalue weighted by Crippen LogP contribution is 2.42. The van der Waals surface area contributed by atoms with Crippen LogP contribution in [0.5, 0.6) is 0 Å². The standard InChI is InChI=1S/2C11H13ClF2N4O3/c2*12-10-8(18(19)20)3-15-17(10)9-1-2-16(6-11(9,13)14)7-4-21-5-7/h2*3,7,9H,1-2,4-6H2. The third-order valence-corrected chi connectivity index (χ3v) is 8.61. The second-order valence-corrected chi connectivity index (χ2v) is 11.2. The van der Waals surface area contributed by atoms with Crippen LogP contribution in [0.4, 0.5) is 28.9 Å². The van der Waals surface area contributed by atoms with Crippen LogP contribution in [0.25, 0.3) is 0 Å². The van der Waals surface area contributed by atoms with Gasteiger partial charge >= 0.3 is 11.4 Å². The number of nitrogens with zero attached hydrogens (tertiary/aromatic N) is 8. The summed E-state index contributed by atoms with van der Waals surface area (Å²) in [6, 6.07) is -2.48. The normalized spacial score (nSPS) is 26.5. The van der Waals surface area contributed by atoms with E-state index in [2.05, 4.69) is 10.2 Å². The van der Waals surface area contributed by atoms with Gasteiger partial charge in [0, 0.05) is 13.1 Å². The van der Waals surface area contributed by atoms with E-state index in [4.69, 9.17) is 32.7 Å². The van der Waals surface area contributed by atoms with E-state index >= 15 is 0 Å². The number of ether oxygens (including phenoxy) is 2. The van der Waals surface area contributed by atoms with Crippen molar-refractivity contribution >= 4 is 34.6 Å². The SMILES string of the molecule is O=[N+]([O-])c1cnn(C2CCN(C3COC3)CC2(F)F)c1Cl.O=[N+]([O-])c1cnn(C2CCN(C3COC3)CC2(F)F)c1Cl. The second-order valence-electron chi connectivity index (χ2n) is 10.5. The topological polar surface area (TPSA) is 147 Å². The Hall–Kier alpha value is -2.64. The molecule has 0 aliphatic carbocycles. The van der Waals surface area contributed by atoms with Crippen LogP contribution in [0.3, 0.4) is 0 Å². The van der Waals surface area contributed by atoms with E-state index in [0.717, 1.165) is 21.8 Å². The molecule has 232 valence electrons. The van der Waals surface area contributed by atoms with Crippen LogP contribution in [0, 0.1) is 20.2 Å². The van der Waals surface area contributed by atoms with E-state index in [9.17, 15) is 37.8 Å². The van der Waals surface area contributed by atoms with Crippen molar-refractivity contribution in [2.45, 2.75) is 48.9 Å². The van der Waals surface area contributed by atoms with Crippen LogP contribution in [-0.2, 0) is 9.47 Å². The first-order valence-electron chi connectivity index (χ1n) is 12.9. The Labute approximate surface area is 245 Å². The molecule has 2 atom stereocenters. The Morgan fingerprint density at radius 1 is 0.762 bits per heavy atom. The zero-order valence-electron chi connectivity index (χ0n) is 21.8. The monoisotopic (exact) mass is 644 g/mol. The van der Waals surface area contributed by atoms with Crippen molar-refractivity contribution in [3.8, 4) is 0 Å². The molecule has 0 aromatic carbocycles. The number of halogens is 6. The molecule has 0 saturated carbocycles. The van der Waals surface area contributed by atoms with Crippen molar-refractivity contribution in [2.24, 2.45) is 0 Å². The molecule has 2 aromatic heterocycles. The minimum atomic E-state index is -3.06. The highest BCUT2D eigenvalue weighted by atomic mass is 35.5. The number of rotatable bonds is 6. The van der Waals surface area contributed by atoms with Gasteiger partial charge in [0.15, 0.2) is 0 Å². The molecule has 14 nitrogen and oxygen atoms in total. The van der Waals surface area contributed by atoms with Crippen molar-refractivity contribution in [1.82, 2.24) is 29.4 Å². The van der Waals surface area contributed by atoms with Crippen LogP contribution in [-0.4, -0.2) is 116 Å². The summed E-state index contributed by atoms with van der Waals surface area (Å²) in [7, 11) is 0. The van der Waals surface area contributed by atoms with Gasteiger partial charge in [-0.1, -0.05) is 23.2 Å². The van der Waals surface area contributed by atoms with Gasteiger partial charge in [-0.15, -0.1) is 0 Å². The zero-order valence-corrected chi connectivity index (χ0v) is 23.3. The number of alkyl halides is 4. The van der Waals surface area contributed by atoms with Gasteiger partial charge in [0.05, 0.1) is 61.4 Å². The van der Waals surface area contributed by atoms with Gasteiger partial charge in [-0.3, -0.25) is 30.0 Å². The van der Waals surface area contributed by atoms with Gasteiger partial charge in [-0.25, -0.2) is 26.9 Å². The molecule has 4 saturated heterocycles. The summed E-state index contributed by atoms with van der Waals surface area (Å²) in [5.41, 5.74) is -0.912. The second kappa shape index (κ2) is 11.8. The summed E-state index contributed by atoms with van der Waals surface area (Å²) >= 11 is 11.6. The maximum absolute atomic E-state index is 14.3. The number of likely N-dealkylation sites (tertiary alicyclic amines) is 2. The summed E-state index contributed by atoms with van der Waals surface area (Å²) in [6.07, 6.45) is 2.07. The number of hydrogen-bond donors (Lipinski definition) is 0. The van der Waals surface area contributed by atoms with Gasteiger partial charge in [0.2, 0.25) is 10.3 Å². The molecule has 6 heterocycles. The summed E-state index contributed by atoms with van der Waals surface area (Å²) in [5, 5.41) is 28.1. The van der Waals surface area contributed by atoms with Crippen molar-refractivity contribution in [2.75, 3.05) is 52.6 Å². The fourth-order valence-electron chi connectivity index (χ4n) is 5.36. The molecule has 0 N–H and O–H groups in total. The minimum Gasteiger partial charge on any atom is -0.378 e. The van der Waals surface area contributed by atoms with E-state index in [0.29, 0.717) is 39.5 Å². The molecular formula is C22H26Cl2F4N8O6. The lowest BCUT2D eigenvalue weighted by atomic mass is 9.99. The quantitative estimate of drug-likeness (QED) is 0.260. The Morgan fingerprint density at radius 3 is 1.36 bits per heavy atom. The summed E-state index contributed by atoms with van der Waals surface area (Å²) in [5.74, 6) is -6.12. The number of piperidine rings is 2. The Morgan fingerprint density at radius 2 is 1.12 bits per heavy atom. The molecule has 6 rings (SSSR count). The van der Waals surface area contributed by atoms with E-state index in [1.165, 1.54) is 0 Å². The summed E-state index contributed by atoms with van der Waals surface area (Å²) < 4.78 is 69.1. The van der Waals surface area contributed by atoms with Gasteiger partial charge < -0.3 is 9.47 Å². The Balaban J connectivity index is 0.000000168. The molecule has 2 aromatic rings. The Bertz CT molecular complexity index is 1230. The third kappa shape index (κ3) is 5.92. The zero-order chi connectivity index (χ0) is 30.4. The van der Waals surface area contributed by atoms with E-state index in [1.54, 1.807) is 9.80 Å². The minimum absolute atomic E-state index is 0.0271. The molecule has 20 heteroatoms. The third-order valence-electron chi connectivity index (χ3n) is 7.87. The predicted molar refractivity (Wildman–Crippen MR) is 137 cm³/mol. The molecule has 4 aliphatic heterocycles. The van der Waals surface area contributed by atoms with E-state index in [1.807, 2.05) is 0 Å². The molecule has 4 fully saturated rings. The summed E-state index contributed by atoms with van der Waals surface area (Å²) in [6.45, 7) is 1.94. The lowest BCUT2D eigenvalue weighted by molar-refractivity contribution is -0.385. The van der Waals surface area contributed by atoms with Gasteiger partial charge in [0.25, 0.3) is 11.8 Å². The number of aromatic nitrogens is 4. The maximum atomic E-state index is 14.3. The van der Waals surface area contributed by atoms with Gasteiger partial charge in [-0.05, 0) is 12.8 Å². The average molecular weight is 645 g/mol. The van der Waals surface area contributed by atoms with E-state index in [-0.39, 0.29) is 35.2 Å². The molecule has 0 bridgehead atoms. The molecule has 0 radical (unpaired) electrons. The first-order chi connectivity index (χ1) is 19.8. The first-order valence-corrected chi connectivity index (χ1v) is 13.7. The lowest BCUT2D eigenvalue weighted by Gasteiger charge is -2.44. The molecule has 2 unspecified atom stereocenters. The molecule has 4 aliphatic rings. The van der Waals surface area contributed by atoms with Crippen molar-refractivity contribution in [3.63, 3.8) is 0 Å². The largest absolute Gasteiger partial charge is 0.378 e. The average Bonchev–Trinajstić information content (AvgIpc) is 3.39. The molecule has 42 heavy (non-hydrogen) atoms. The maximum Gasteiger partial charge on any atom is 0.325 e. The van der Waals surface area contributed by atoms with Crippen LogP contribution in [0.15, 0.2) is 12.4 Å². The highest BCUT2D eigenvalue weighted by Gasteiger charge is 2.51. The fourth-order valence-corrected chi connectivity index (χ4v) is 5.92. The van der Waals surface area contributed by atoms with Crippen molar-refractivity contribution in [1.29, 1.82) is 0 Å². The van der Waals surface area contributed by atoms with Crippen LogP contribution in [0.2, 0.25) is 10.3 Å². The lowest BCUT2D eigenvalue weighted by Crippen LogP contribution is -2.58. The smallest absolute Gasteiger partial charge is 0.325 e. The molecule has 0 amide bonds. The van der Waals surface area contributed by atoms with E-state index < -0.39 is 58.2 Å². The number of hydrogen-bond acceptors (Lipinski definition) is 10. The highest BCUT2D eigenvalue weighted by molar-refractivity contribution is 6.31. The molecular weight excluding hydrogens is 619 g/mol. The van der Waals surface area contributed by atoms with Crippen LogP contribution in [0.1, 0.15) is 24.9 Å². The predicted octanol–water partition coefficient (Wildman–Crippen LogP) is 3.45. The van der Waals surface area contributed by atoms with Crippen molar-refractivity contribution in [3.05, 3.63) is 42.9 Å². The van der Waals surface area contributed by atoms with Gasteiger partial charge in [0.1, 0.15) is 24.5 Å². The fraction of sp³-hybridized carbons (Fsp3) is 0.727. The number of nitro groups is 2. The Kier molecular flexibility index (Phi) is 8.66.